The SMILES string of the molecule is COCC1CCN(C(C)c2ccccc2O)C1. The second-order valence-corrected chi connectivity index (χ2v) is 4.84. The number of methoxy groups -OCH3 is 1. The molecule has 94 valence electrons. The van der Waals surface area contributed by atoms with Crippen LogP contribution in [-0.4, -0.2) is 36.8 Å². The summed E-state index contributed by atoms with van der Waals surface area (Å²) in [4.78, 5) is 2.42. The highest BCUT2D eigenvalue weighted by atomic mass is 16.5. The number of hydrogen-bond donors (Lipinski definition) is 1. The molecule has 1 saturated heterocycles. The van der Waals surface area contributed by atoms with Crippen LogP contribution in [0.5, 0.6) is 5.75 Å². The van der Waals surface area contributed by atoms with Crippen LogP contribution in [0.15, 0.2) is 24.3 Å². The van der Waals surface area contributed by atoms with Crippen molar-refractivity contribution in [2.75, 3.05) is 26.8 Å². The summed E-state index contributed by atoms with van der Waals surface area (Å²) in [7, 11) is 1.76. The van der Waals surface area contributed by atoms with Crippen LogP contribution in [0.2, 0.25) is 0 Å². The van der Waals surface area contributed by atoms with E-state index in [9.17, 15) is 5.11 Å². The Labute approximate surface area is 103 Å². The van der Waals surface area contributed by atoms with Gasteiger partial charge in [0.1, 0.15) is 5.75 Å². The number of hydrogen-bond acceptors (Lipinski definition) is 3. The summed E-state index contributed by atoms with van der Waals surface area (Å²) < 4.78 is 5.21. The van der Waals surface area contributed by atoms with Crippen molar-refractivity contribution in [3.8, 4) is 5.75 Å². The van der Waals surface area contributed by atoms with Gasteiger partial charge in [0.15, 0.2) is 0 Å². The number of aromatic hydroxyl groups is 1. The van der Waals surface area contributed by atoms with Gasteiger partial charge in [-0.05, 0) is 31.9 Å². The van der Waals surface area contributed by atoms with Gasteiger partial charge >= 0.3 is 0 Å². The van der Waals surface area contributed by atoms with Crippen molar-refractivity contribution in [1.29, 1.82) is 0 Å². The largest absolute Gasteiger partial charge is 0.508 e. The molecule has 0 bridgehead atoms. The van der Waals surface area contributed by atoms with E-state index in [0.717, 1.165) is 25.3 Å². The van der Waals surface area contributed by atoms with Crippen LogP contribution in [0.4, 0.5) is 0 Å². The Bertz CT molecular complexity index is 367. The summed E-state index contributed by atoms with van der Waals surface area (Å²) in [5.74, 6) is 1.03. The van der Waals surface area contributed by atoms with E-state index in [-0.39, 0.29) is 6.04 Å². The van der Waals surface area contributed by atoms with Gasteiger partial charge in [0.05, 0.1) is 6.61 Å². The number of phenolic OH excluding ortho intramolecular Hbond substituents is 1. The monoisotopic (exact) mass is 235 g/mol. The maximum Gasteiger partial charge on any atom is 0.120 e. The van der Waals surface area contributed by atoms with E-state index in [1.807, 2.05) is 18.2 Å². The second kappa shape index (κ2) is 5.52. The Morgan fingerprint density at radius 2 is 2.24 bits per heavy atom. The molecule has 0 saturated carbocycles. The minimum atomic E-state index is 0.276. The van der Waals surface area contributed by atoms with Gasteiger partial charge in [-0.3, -0.25) is 4.90 Å². The zero-order valence-corrected chi connectivity index (χ0v) is 10.6. The first-order valence-electron chi connectivity index (χ1n) is 6.23. The molecule has 1 aromatic rings. The van der Waals surface area contributed by atoms with Gasteiger partial charge < -0.3 is 9.84 Å². The topological polar surface area (TPSA) is 32.7 Å². The summed E-state index contributed by atoms with van der Waals surface area (Å²) in [6.45, 7) is 5.14. The van der Waals surface area contributed by atoms with E-state index in [4.69, 9.17) is 4.74 Å². The Morgan fingerprint density at radius 1 is 1.47 bits per heavy atom. The predicted octanol–water partition coefficient (Wildman–Crippen LogP) is 2.42. The first-order valence-corrected chi connectivity index (χ1v) is 6.23. The van der Waals surface area contributed by atoms with E-state index in [1.54, 1.807) is 13.2 Å². The normalized spacial score (nSPS) is 22.8. The summed E-state index contributed by atoms with van der Waals surface area (Å²) in [6, 6.07) is 7.88. The van der Waals surface area contributed by atoms with Crippen molar-refractivity contribution >= 4 is 0 Å². The van der Waals surface area contributed by atoms with Crippen molar-refractivity contribution < 1.29 is 9.84 Å². The van der Waals surface area contributed by atoms with Gasteiger partial charge in [0, 0.05) is 25.3 Å². The first-order chi connectivity index (χ1) is 8.22. The minimum absolute atomic E-state index is 0.276. The van der Waals surface area contributed by atoms with Crippen molar-refractivity contribution in [1.82, 2.24) is 4.90 Å². The minimum Gasteiger partial charge on any atom is -0.508 e. The summed E-state index contributed by atoms with van der Waals surface area (Å²) in [6.07, 6.45) is 1.19. The van der Waals surface area contributed by atoms with Crippen LogP contribution in [0, 0.1) is 5.92 Å². The number of phenols is 1. The van der Waals surface area contributed by atoms with E-state index >= 15 is 0 Å². The van der Waals surface area contributed by atoms with Gasteiger partial charge in [0.2, 0.25) is 0 Å². The van der Waals surface area contributed by atoms with Crippen LogP contribution < -0.4 is 0 Å². The molecule has 2 unspecified atom stereocenters. The van der Waals surface area contributed by atoms with Crippen LogP contribution >= 0.6 is 0 Å². The van der Waals surface area contributed by atoms with Crippen molar-refractivity contribution in [2.45, 2.75) is 19.4 Å². The second-order valence-electron chi connectivity index (χ2n) is 4.84. The molecule has 1 aliphatic rings. The number of benzene rings is 1. The molecule has 3 heteroatoms. The molecule has 0 spiro atoms. The highest BCUT2D eigenvalue weighted by molar-refractivity contribution is 5.34. The molecule has 3 nitrogen and oxygen atoms in total. The van der Waals surface area contributed by atoms with Crippen LogP contribution in [0.3, 0.4) is 0 Å². The van der Waals surface area contributed by atoms with E-state index in [1.165, 1.54) is 6.42 Å². The van der Waals surface area contributed by atoms with Crippen molar-refractivity contribution in [3.05, 3.63) is 29.8 Å². The Hall–Kier alpha value is -1.06. The fourth-order valence-electron chi connectivity index (χ4n) is 2.62. The maximum atomic E-state index is 9.86. The molecule has 0 amide bonds. The number of nitrogens with zero attached hydrogens (tertiary/aromatic N) is 1. The quantitative estimate of drug-likeness (QED) is 0.870. The van der Waals surface area contributed by atoms with Crippen LogP contribution in [0.1, 0.15) is 24.9 Å². The van der Waals surface area contributed by atoms with Gasteiger partial charge in [0.25, 0.3) is 0 Å². The molecule has 2 atom stereocenters. The smallest absolute Gasteiger partial charge is 0.120 e. The van der Waals surface area contributed by atoms with Crippen LogP contribution in [-0.2, 0) is 4.74 Å². The first kappa shape index (κ1) is 12.4. The molecule has 1 fully saturated rings. The number of para-hydroxylation sites is 1. The highest BCUT2D eigenvalue weighted by Crippen LogP contribution is 2.31. The molecular weight excluding hydrogens is 214 g/mol. The lowest BCUT2D eigenvalue weighted by Crippen LogP contribution is -2.25. The fraction of sp³-hybridized carbons (Fsp3) is 0.571. The van der Waals surface area contributed by atoms with Gasteiger partial charge in [-0.25, -0.2) is 0 Å². The lowest BCUT2D eigenvalue weighted by molar-refractivity contribution is 0.148. The van der Waals surface area contributed by atoms with Gasteiger partial charge in [-0.15, -0.1) is 0 Å². The molecule has 0 aromatic heterocycles. The molecule has 2 rings (SSSR count). The Balaban J connectivity index is 2.02. The summed E-state index contributed by atoms with van der Waals surface area (Å²) in [5.41, 5.74) is 1.02. The third-order valence-electron chi connectivity index (χ3n) is 3.65. The molecule has 0 aliphatic carbocycles. The molecule has 17 heavy (non-hydrogen) atoms. The number of ether oxygens (including phenoxy) is 1. The zero-order chi connectivity index (χ0) is 12.3. The number of likely N-dealkylation sites (tertiary alicyclic amines) is 1. The molecule has 1 aromatic carbocycles. The maximum absolute atomic E-state index is 9.86. The van der Waals surface area contributed by atoms with E-state index in [0.29, 0.717) is 11.7 Å². The zero-order valence-electron chi connectivity index (χ0n) is 10.6. The summed E-state index contributed by atoms with van der Waals surface area (Å²) in [5, 5.41) is 9.86. The third-order valence-corrected chi connectivity index (χ3v) is 3.65. The predicted molar refractivity (Wildman–Crippen MR) is 68.1 cm³/mol. The highest BCUT2D eigenvalue weighted by Gasteiger charge is 2.27. The third kappa shape index (κ3) is 2.79. The Kier molecular flexibility index (Phi) is 4.02. The van der Waals surface area contributed by atoms with Gasteiger partial charge in [-0.1, -0.05) is 18.2 Å². The molecule has 0 radical (unpaired) electrons. The van der Waals surface area contributed by atoms with Crippen molar-refractivity contribution in [3.63, 3.8) is 0 Å². The molecule has 1 N–H and O–H groups in total. The summed E-state index contributed by atoms with van der Waals surface area (Å²) >= 11 is 0. The van der Waals surface area contributed by atoms with Crippen molar-refractivity contribution in [2.24, 2.45) is 5.92 Å². The molecule has 1 heterocycles. The average Bonchev–Trinajstić information content (AvgIpc) is 2.78. The standard InChI is InChI=1S/C14H21NO2/c1-11(13-5-3-4-6-14(13)16)15-8-7-12(9-15)10-17-2/h3-6,11-12,16H,7-10H2,1-2H3. The van der Waals surface area contributed by atoms with E-state index in [2.05, 4.69) is 11.8 Å². The lowest BCUT2D eigenvalue weighted by atomic mass is 10.1. The number of rotatable bonds is 4. The van der Waals surface area contributed by atoms with Gasteiger partial charge in [-0.2, -0.15) is 0 Å². The Morgan fingerprint density at radius 3 is 2.94 bits per heavy atom. The average molecular weight is 235 g/mol. The van der Waals surface area contributed by atoms with Crippen LogP contribution in [0.25, 0.3) is 0 Å². The molecule has 1 aliphatic heterocycles. The molecular formula is C14H21NO2. The fourth-order valence-corrected chi connectivity index (χ4v) is 2.62. The lowest BCUT2D eigenvalue weighted by Gasteiger charge is -2.25. The van der Waals surface area contributed by atoms with E-state index < -0.39 is 0 Å².